The number of carbonyl (C=O) groups excluding carboxylic acids is 1. The molecule has 2 aromatic rings. The highest BCUT2D eigenvalue weighted by Gasteiger charge is 2.22. The van der Waals surface area contributed by atoms with E-state index in [1.807, 2.05) is 36.4 Å². The molecule has 1 aliphatic rings. The normalized spacial score (nSPS) is 12.7. The fourth-order valence-electron chi connectivity index (χ4n) is 2.55. The first kappa shape index (κ1) is 14.7. The van der Waals surface area contributed by atoms with Gasteiger partial charge in [-0.1, -0.05) is 29.8 Å². The predicted octanol–water partition coefficient (Wildman–Crippen LogP) is 3.93. The van der Waals surface area contributed by atoms with Gasteiger partial charge in [-0.3, -0.25) is 4.79 Å². The molecule has 0 radical (unpaired) electrons. The molecule has 4 nitrogen and oxygen atoms in total. The number of hydrogen-bond acceptors (Lipinski definition) is 4. The van der Waals surface area contributed by atoms with Gasteiger partial charge in [-0.25, -0.2) is 0 Å². The van der Waals surface area contributed by atoms with Crippen LogP contribution in [0.3, 0.4) is 0 Å². The average Bonchev–Trinajstić information content (AvgIpc) is 2.69. The van der Waals surface area contributed by atoms with E-state index in [0.717, 1.165) is 22.7 Å². The number of fused-ring (bicyclic) bond motifs is 2. The molecular formula is C17H16ClNO3. The van der Waals surface area contributed by atoms with Crippen LogP contribution in [0.25, 0.3) is 0 Å². The van der Waals surface area contributed by atoms with Crippen LogP contribution in [0, 0.1) is 0 Å². The summed E-state index contributed by atoms with van der Waals surface area (Å²) < 4.78 is 10.6. The second-order valence-electron chi connectivity index (χ2n) is 5.01. The number of ether oxygens (including phenoxy) is 2. The Morgan fingerprint density at radius 3 is 2.91 bits per heavy atom. The van der Waals surface area contributed by atoms with E-state index >= 15 is 0 Å². The lowest BCUT2D eigenvalue weighted by Gasteiger charge is -2.25. The van der Waals surface area contributed by atoms with Crippen molar-refractivity contribution in [3.05, 3.63) is 53.1 Å². The minimum Gasteiger partial charge on any atom is -0.487 e. The van der Waals surface area contributed by atoms with Crippen LogP contribution in [0.2, 0.25) is 5.02 Å². The standard InChI is InChI=1S/C17H16ClNO3/c1-21-17(20)8-9-19-14-5-3-2-4-12(14)11-22-16-7-6-13(18)10-15(16)19/h2-7,10H,8-9,11H2,1H3. The van der Waals surface area contributed by atoms with Gasteiger partial charge < -0.3 is 14.4 Å². The number of carbonyl (C=O) groups is 1. The lowest BCUT2D eigenvalue weighted by molar-refractivity contribution is -0.140. The van der Waals surface area contributed by atoms with Crippen molar-refractivity contribution in [1.29, 1.82) is 0 Å². The van der Waals surface area contributed by atoms with Crippen molar-refractivity contribution < 1.29 is 14.3 Å². The van der Waals surface area contributed by atoms with E-state index in [4.69, 9.17) is 21.1 Å². The molecule has 0 atom stereocenters. The molecule has 0 amide bonds. The molecule has 0 fully saturated rings. The molecule has 114 valence electrons. The fourth-order valence-corrected chi connectivity index (χ4v) is 2.72. The minimum absolute atomic E-state index is 0.244. The van der Waals surface area contributed by atoms with Gasteiger partial charge in [0.05, 0.1) is 19.2 Å². The summed E-state index contributed by atoms with van der Waals surface area (Å²) in [5.41, 5.74) is 2.95. The third-order valence-electron chi connectivity index (χ3n) is 3.64. The zero-order valence-electron chi connectivity index (χ0n) is 12.2. The van der Waals surface area contributed by atoms with Crippen LogP contribution >= 0.6 is 11.6 Å². The number of halogens is 1. The number of esters is 1. The Hall–Kier alpha value is -2.20. The van der Waals surface area contributed by atoms with Gasteiger partial charge in [0.1, 0.15) is 12.4 Å². The molecule has 0 saturated heterocycles. The number of rotatable bonds is 3. The third-order valence-corrected chi connectivity index (χ3v) is 3.88. The van der Waals surface area contributed by atoms with Crippen LogP contribution in [-0.4, -0.2) is 19.6 Å². The summed E-state index contributed by atoms with van der Waals surface area (Å²) in [7, 11) is 1.40. The van der Waals surface area contributed by atoms with Crippen molar-refractivity contribution in [2.24, 2.45) is 0 Å². The summed E-state index contributed by atoms with van der Waals surface area (Å²) in [5.74, 6) is 0.511. The van der Waals surface area contributed by atoms with E-state index < -0.39 is 0 Å². The van der Waals surface area contributed by atoms with Crippen LogP contribution in [0.4, 0.5) is 11.4 Å². The first-order chi connectivity index (χ1) is 10.7. The molecule has 0 unspecified atom stereocenters. The van der Waals surface area contributed by atoms with Crippen LogP contribution in [0.5, 0.6) is 5.75 Å². The van der Waals surface area contributed by atoms with Crippen LogP contribution in [0.15, 0.2) is 42.5 Å². The van der Waals surface area contributed by atoms with Gasteiger partial charge in [0.25, 0.3) is 0 Å². The van der Waals surface area contributed by atoms with Crippen molar-refractivity contribution in [3.63, 3.8) is 0 Å². The smallest absolute Gasteiger partial charge is 0.307 e. The Balaban J connectivity index is 2.04. The van der Waals surface area contributed by atoms with E-state index in [1.54, 1.807) is 6.07 Å². The predicted molar refractivity (Wildman–Crippen MR) is 85.9 cm³/mol. The van der Waals surface area contributed by atoms with Gasteiger partial charge >= 0.3 is 5.97 Å². The average molecular weight is 318 g/mol. The quantitative estimate of drug-likeness (QED) is 0.804. The maximum Gasteiger partial charge on any atom is 0.307 e. The molecule has 0 aromatic heterocycles. The van der Waals surface area contributed by atoms with Gasteiger partial charge in [0, 0.05) is 22.8 Å². The Kier molecular flexibility index (Phi) is 4.20. The maximum atomic E-state index is 11.5. The summed E-state index contributed by atoms with van der Waals surface area (Å²) >= 11 is 6.14. The van der Waals surface area contributed by atoms with E-state index in [0.29, 0.717) is 18.2 Å². The van der Waals surface area contributed by atoms with Crippen LogP contribution in [-0.2, 0) is 16.1 Å². The number of methoxy groups -OCH3 is 1. The maximum absolute atomic E-state index is 11.5. The third kappa shape index (κ3) is 2.88. The molecule has 0 N–H and O–H groups in total. The van der Waals surface area contributed by atoms with Gasteiger partial charge in [-0.05, 0) is 24.3 Å². The monoisotopic (exact) mass is 317 g/mol. The van der Waals surface area contributed by atoms with Crippen molar-refractivity contribution in [2.75, 3.05) is 18.6 Å². The second kappa shape index (κ2) is 6.28. The van der Waals surface area contributed by atoms with Crippen molar-refractivity contribution in [3.8, 4) is 5.75 Å². The second-order valence-corrected chi connectivity index (χ2v) is 5.44. The molecule has 5 heteroatoms. The van der Waals surface area contributed by atoms with Crippen molar-refractivity contribution in [1.82, 2.24) is 0 Å². The Morgan fingerprint density at radius 1 is 1.27 bits per heavy atom. The lowest BCUT2D eigenvalue weighted by Crippen LogP contribution is -2.21. The zero-order chi connectivity index (χ0) is 15.5. The number of anilines is 2. The summed E-state index contributed by atoms with van der Waals surface area (Å²) in [6.07, 6.45) is 0.288. The largest absolute Gasteiger partial charge is 0.487 e. The first-order valence-corrected chi connectivity index (χ1v) is 7.41. The number of nitrogens with zero attached hydrogens (tertiary/aromatic N) is 1. The molecule has 1 heterocycles. The highest BCUT2D eigenvalue weighted by molar-refractivity contribution is 6.31. The Labute approximate surface area is 134 Å². The first-order valence-electron chi connectivity index (χ1n) is 7.03. The highest BCUT2D eigenvalue weighted by atomic mass is 35.5. The SMILES string of the molecule is COC(=O)CCN1c2ccccc2COc2ccc(Cl)cc21. The summed E-state index contributed by atoms with van der Waals surface area (Å²) in [5, 5.41) is 0.629. The molecule has 2 aromatic carbocycles. The summed E-state index contributed by atoms with van der Waals surface area (Å²) in [4.78, 5) is 13.6. The van der Waals surface area contributed by atoms with E-state index in [-0.39, 0.29) is 12.4 Å². The Bertz CT molecular complexity index is 702. The van der Waals surface area contributed by atoms with Crippen LogP contribution in [0.1, 0.15) is 12.0 Å². The van der Waals surface area contributed by atoms with E-state index in [1.165, 1.54) is 7.11 Å². The van der Waals surface area contributed by atoms with Gasteiger partial charge in [0.15, 0.2) is 0 Å². The molecule has 0 aliphatic carbocycles. The van der Waals surface area contributed by atoms with Gasteiger partial charge in [0.2, 0.25) is 0 Å². The number of hydrogen-bond donors (Lipinski definition) is 0. The lowest BCUT2D eigenvalue weighted by atomic mass is 10.1. The molecule has 1 aliphatic heterocycles. The molecule has 3 rings (SSSR count). The number of para-hydroxylation sites is 1. The molecule has 0 spiro atoms. The van der Waals surface area contributed by atoms with E-state index in [2.05, 4.69) is 4.90 Å². The highest BCUT2D eigenvalue weighted by Crippen LogP contribution is 2.40. The topological polar surface area (TPSA) is 38.8 Å². The Morgan fingerprint density at radius 2 is 2.09 bits per heavy atom. The molecule has 0 saturated carbocycles. The molecular weight excluding hydrogens is 302 g/mol. The number of benzene rings is 2. The van der Waals surface area contributed by atoms with Gasteiger partial charge in [-0.15, -0.1) is 0 Å². The fraction of sp³-hybridized carbons (Fsp3) is 0.235. The van der Waals surface area contributed by atoms with Crippen LogP contribution < -0.4 is 9.64 Å². The zero-order valence-corrected chi connectivity index (χ0v) is 13.0. The molecule has 22 heavy (non-hydrogen) atoms. The molecule has 0 bridgehead atoms. The summed E-state index contributed by atoms with van der Waals surface area (Å²) in [6.45, 7) is 0.986. The van der Waals surface area contributed by atoms with Gasteiger partial charge in [-0.2, -0.15) is 0 Å². The van der Waals surface area contributed by atoms with Crippen molar-refractivity contribution >= 4 is 28.9 Å². The minimum atomic E-state index is -0.244. The van der Waals surface area contributed by atoms with E-state index in [9.17, 15) is 4.79 Å². The van der Waals surface area contributed by atoms with Crippen molar-refractivity contribution in [2.45, 2.75) is 13.0 Å². The summed E-state index contributed by atoms with van der Waals surface area (Å²) in [6, 6.07) is 13.5.